The zero-order valence-electron chi connectivity index (χ0n) is 17.5. The number of anilines is 1. The molecule has 0 radical (unpaired) electrons. The van der Waals surface area contributed by atoms with Gasteiger partial charge in [0.15, 0.2) is 11.5 Å². The molecule has 6 nitrogen and oxygen atoms in total. The van der Waals surface area contributed by atoms with Crippen molar-refractivity contribution < 1.29 is 14.3 Å². The van der Waals surface area contributed by atoms with Gasteiger partial charge in [0, 0.05) is 28.7 Å². The van der Waals surface area contributed by atoms with E-state index in [9.17, 15) is 4.79 Å². The van der Waals surface area contributed by atoms with Crippen molar-refractivity contribution in [2.75, 3.05) is 11.8 Å². The molecule has 158 valence electrons. The van der Waals surface area contributed by atoms with E-state index < -0.39 is 5.92 Å². The summed E-state index contributed by atoms with van der Waals surface area (Å²) >= 11 is 0. The van der Waals surface area contributed by atoms with Gasteiger partial charge in [-0.25, -0.2) is 5.01 Å². The molecule has 2 unspecified atom stereocenters. The minimum absolute atomic E-state index is 0.0401. The lowest BCUT2D eigenvalue weighted by atomic mass is 9.78. The number of nitrogens with one attached hydrogen (secondary N) is 1. The third-order valence-electron chi connectivity index (χ3n) is 6.23. The van der Waals surface area contributed by atoms with Crippen molar-refractivity contribution in [1.82, 2.24) is 4.98 Å². The molecule has 4 aromatic rings. The summed E-state index contributed by atoms with van der Waals surface area (Å²) in [6, 6.07) is 23.6. The molecule has 3 heterocycles. The number of hydrogen-bond donors (Lipinski definition) is 1. The minimum atomic E-state index is -0.435. The van der Waals surface area contributed by atoms with Crippen LogP contribution in [-0.2, 0) is 4.79 Å². The highest BCUT2D eigenvalue weighted by molar-refractivity contribution is 6.16. The average molecular weight is 423 g/mol. The predicted molar refractivity (Wildman–Crippen MR) is 123 cm³/mol. The Kier molecular flexibility index (Phi) is 4.24. The van der Waals surface area contributed by atoms with E-state index in [1.807, 2.05) is 79.9 Å². The van der Waals surface area contributed by atoms with Gasteiger partial charge >= 0.3 is 0 Å². The van der Waals surface area contributed by atoms with Crippen LogP contribution in [0.4, 0.5) is 5.69 Å². The van der Waals surface area contributed by atoms with Gasteiger partial charge in [0.25, 0.3) is 5.91 Å². The molecule has 0 saturated heterocycles. The van der Waals surface area contributed by atoms with Crippen LogP contribution in [0.15, 0.2) is 84.1 Å². The predicted octanol–water partition coefficient (Wildman–Crippen LogP) is 5.07. The number of carbonyl (C=O) groups excluding carboxylic acids is 1. The SMILES string of the molecule is CC1=NN(c2ccccc2)C(=O)C1C(c1ccc2c(c1)OCO2)c1c[nH]c2ccccc12. The summed E-state index contributed by atoms with van der Waals surface area (Å²) in [5.41, 5.74) is 4.63. The Labute approximate surface area is 185 Å². The Balaban J connectivity index is 1.50. The van der Waals surface area contributed by atoms with E-state index in [0.29, 0.717) is 5.75 Å². The van der Waals surface area contributed by atoms with Crippen LogP contribution in [-0.4, -0.2) is 23.4 Å². The first kappa shape index (κ1) is 18.7. The van der Waals surface area contributed by atoms with Gasteiger partial charge in [-0.15, -0.1) is 0 Å². The lowest BCUT2D eigenvalue weighted by Crippen LogP contribution is -2.32. The minimum Gasteiger partial charge on any atom is -0.454 e. The zero-order chi connectivity index (χ0) is 21.7. The number of ether oxygens (including phenoxy) is 2. The van der Waals surface area contributed by atoms with Crippen molar-refractivity contribution in [3.05, 3.63) is 90.1 Å². The van der Waals surface area contributed by atoms with Crippen molar-refractivity contribution in [2.24, 2.45) is 11.0 Å². The average Bonchev–Trinajstić information content (AvgIpc) is 3.54. The van der Waals surface area contributed by atoms with Crippen molar-refractivity contribution in [1.29, 1.82) is 0 Å². The van der Waals surface area contributed by atoms with Crippen LogP contribution in [0.3, 0.4) is 0 Å². The molecule has 2 atom stereocenters. The van der Waals surface area contributed by atoms with Crippen LogP contribution in [0, 0.1) is 5.92 Å². The van der Waals surface area contributed by atoms with Gasteiger partial charge in [-0.3, -0.25) is 4.79 Å². The van der Waals surface area contributed by atoms with Crippen LogP contribution in [0.2, 0.25) is 0 Å². The first-order chi connectivity index (χ1) is 15.7. The number of nitrogens with zero attached hydrogens (tertiary/aromatic N) is 2. The highest BCUT2D eigenvalue weighted by atomic mass is 16.7. The van der Waals surface area contributed by atoms with Crippen molar-refractivity contribution >= 4 is 28.2 Å². The molecule has 2 aliphatic heterocycles. The summed E-state index contributed by atoms with van der Waals surface area (Å²) in [5, 5.41) is 7.28. The van der Waals surface area contributed by atoms with Gasteiger partial charge in [-0.1, -0.05) is 42.5 Å². The standard InChI is InChI=1S/C26H21N3O3/c1-16-24(26(30)29(28-16)18-7-3-2-4-8-18)25(17-11-12-22-23(13-17)32-15-31-22)20-14-27-21-10-6-5-9-19(20)21/h2-14,24-25,27H,15H2,1H3. The number of H-pyrrole nitrogens is 1. The summed E-state index contributed by atoms with van der Waals surface area (Å²) in [5.74, 6) is 0.717. The molecule has 0 fully saturated rings. The molecule has 1 N–H and O–H groups in total. The molecule has 0 spiro atoms. The Hall–Kier alpha value is -4.06. The maximum atomic E-state index is 13.7. The maximum absolute atomic E-state index is 13.7. The Morgan fingerprint density at radius 2 is 1.78 bits per heavy atom. The third-order valence-corrected chi connectivity index (χ3v) is 6.23. The molecule has 0 bridgehead atoms. The molecular formula is C26H21N3O3. The van der Waals surface area contributed by atoms with E-state index in [0.717, 1.165) is 39.2 Å². The number of rotatable bonds is 4. The normalized spacial score (nSPS) is 18.3. The Morgan fingerprint density at radius 1 is 1.00 bits per heavy atom. The Morgan fingerprint density at radius 3 is 2.66 bits per heavy atom. The summed E-state index contributed by atoms with van der Waals surface area (Å²) in [7, 11) is 0. The van der Waals surface area contributed by atoms with Crippen LogP contribution in [0.5, 0.6) is 11.5 Å². The molecule has 6 rings (SSSR count). The fourth-order valence-corrected chi connectivity index (χ4v) is 4.73. The molecule has 6 heteroatoms. The van der Waals surface area contributed by atoms with Crippen molar-refractivity contribution in [3.63, 3.8) is 0 Å². The fourth-order valence-electron chi connectivity index (χ4n) is 4.73. The Bertz CT molecular complexity index is 1360. The number of fused-ring (bicyclic) bond motifs is 2. The first-order valence-electron chi connectivity index (χ1n) is 10.6. The van der Waals surface area contributed by atoms with E-state index >= 15 is 0 Å². The number of hydrazone groups is 1. The topological polar surface area (TPSA) is 66.9 Å². The number of carbonyl (C=O) groups is 1. The number of amides is 1. The van der Waals surface area contributed by atoms with Gasteiger partial charge in [0.1, 0.15) is 0 Å². The largest absolute Gasteiger partial charge is 0.454 e. The van der Waals surface area contributed by atoms with Crippen LogP contribution < -0.4 is 14.5 Å². The first-order valence-corrected chi connectivity index (χ1v) is 10.6. The highest BCUT2D eigenvalue weighted by Crippen LogP contribution is 2.44. The van der Waals surface area contributed by atoms with E-state index in [2.05, 4.69) is 16.2 Å². The van der Waals surface area contributed by atoms with E-state index in [4.69, 9.17) is 9.47 Å². The third kappa shape index (κ3) is 2.87. The molecule has 1 amide bonds. The van der Waals surface area contributed by atoms with E-state index in [1.54, 1.807) is 0 Å². The number of aromatic amines is 1. The summed E-state index contributed by atoms with van der Waals surface area (Å²) < 4.78 is 11.2. The monoisotopic (exact) mass is 423 g/mol. The molecule has 3 aromatic carbocycles. The molecule has 0 saturated carbocycles. The van der Waals surface area contributed by atoms with Crippen LogP contribution in [0.25, 0.3) is 10.9 Å². The van der Waals surface area contributed by atoms with Crippen molar-refractivity contribution in [3.8, 4) is 11.5 Å². The number of para-hydroxylation sites is 2. The quantitative estimate of drug-likeness (QED) is 0.499. The lowest BCUT2D eigenvalue weighted by Gasteiger charge is -2.24. The van der Waals surface area contributed by atoms with Gasteiger partial charge in [-0.05, 0) is 48.4 Å². The molecule has 2 aliphatic rings. The maximum Gasteiger partial charge on any atom is 0.257 e. The highest BCUT2D eigenvalue weighted by Gasteiger charge is 2.42. The van der Waals surface area contributed by atoms with Gasteiger partial charge < -0.3 is 14.5 Å². The van der Waals surface area contributed by atoms with Gasteiger partial charge in [0.2, 0.25) is 6.79 Å². The smallest absolute Gasteiger partial charge is 0.257 e. The molecule has 0 aliphatic carbocycles. The number of hydrogen-bond acceptors (Lipinski definition) is 4. The van der Waals surface area contributed by atoms with E-state index in [1.165, 1.54) is 5.01 Å². The second-order valence-corrected chi connectivity index (χ2v) is 8.08. The second kappa shape index (κ2) is 7.27. The van der Waals surface area contributed by atoms with Gasteiger partial charge in [0.05, 0.1) is 11.6 Å². The summed E-state index contributed by atoms with van der Waals surface area (Å²) in [4.78, 5) is 17.1. The summed E-state index contributed by atoms with van der Waals surface area (Å²) in [6.07, 6.45) is 2.01. The molecule has 1 aromatic heterocycles. The number of benzene rings is 3. The molecular weight excluding hydrogens is 402 g/mol. The summed E-state index contributed by atoms with van der Waals surface area (Å²) in [6.45, 7) is 2.14. The number of aromatic nitrogens is 1. The van der Waals surface area contributed by atoms with Crippen LogP contribution >= 0.6 is 0 Å². The van der Waals surface area contributed by atoms with Crippen LogP contribution in [0.1, 0.15) is 24.0 Å². The zero-order valence-corrected chi connectivity index (χ0v) is 17.5. The fraction of sp³-hybridized carbons (Fsp3) is 0.154. The van der Waals surface area contributed by atoms with Crippen molar-refractivity contribution in [2.45, 2.75) is 12.8 Å². The van der Waals surface area contributed by atoms with E-state index in [-0.39, 0.29) is 18.6 Å². The second-order valence-electron chi connectivity index (χ2n) is 8.08. The van der Waals surface area contributed by atoms with Gasteiger partial charge in [-0.2, -0.15) is 5.10 Å². The lowest BCUT2D eigenvalue weighted by molar-refractivity contribution is -0.120. The molecule has 32 heavy (non-hydrogen) atoms.